The highest BCUT2D eigenvalue weighted by molar-refractivity contribution is 5.23. The first-order chi connectivity index (χ1) is 11.8. The smallest absolute Gasteiger partial charge is 0.0870 e. The maximum absolute atomic E-state index is 5.56. The number of nitrogens with one attached hydrogen (secondary N) is 1. The van der Waals surface area contributed by atoms with Crippen LogP contribution in [0.15, 0.2) is 23.5 Å². The minimum atomic E-state index is 0.259. The van der Waals surface area contributed by atoms with Gasteiger partial charge < -0.3 is 14.8 Å². The van der Waals surface area contributed by atoms with Gasteiger partial charge in [0.1, 0.15) is 0 Å². The third-order valence-corrected chi connectivity index (χ3v) is 4.80. The number of ether oxygens (including phenoxy) is 2. The summed E-state index contributed by atoms with van der Waals surface area (Å²) >= 11 is 0. The summed E-state index contributed by atoms with van der Waals surface area (Å²) in [5.74, 6) is 0. The molecule has 1 aliphatic heterocycles. The maximum Gasteiger partial charge on any atom is 0.0870 e. The average Bonchev–Trinajstić information content (AvgIpc) is 2.59. The molecule has 0 amide bonds. The summed E-state index contributed by atoms with van der Waals surface area (Å²) < 4.78 is 11.0. The Balaban J connectivity index is 2.78. The van der Waals surface area contributed by atoms with Crippen LogP contribution in [0.25, 0.3) is 0 Å². The van der Waals surface area contributed by atoms with Gasteiger partial charge in [-0.05, 0) is 50.8 Å². The second-order valence-electron chi connectivity index (χ2n) is 6.93. The highest BCUT2D eigenvalue weighted by Crippen LogP contribution is 2.19. The Bertz CT molecular complexity index is 363. The molecular weight excluding hydrogens is 298 g/mol. The molecule has 0 saturated carbocycles. The Morgan fingerprint density at radius 1 is 1.04 bits per heavy atom. The molecule has 0 spiro atoms. The minimum absolute atomic E-state index is 0.259. The van der Waals surface area contributed by atoms with Crippen LogP contribution < -0.4 is 5.32 Å². The van der Waals surface area contributed by atoms with Crippen LogP contribution in [0.4, 0.5) is 0 Å². The fraction of sp³-hybridized carbons (Fsp3) is 0.810. The fourth-order valence-electron chi connectivity index (χ4n) is 3.24. The van der Waals surface area contributed by atoms with Gasteiger partial charge in [0, 0.05) is 13.2 Å². The standard InChI is InChI=1S/C21H39NO2/c1-4-16-24-17-14-21-19(2)20(18-23-3)13-11-9-7-5-6-8-10-12-15-22-21/h14,17,21-22H,4-13,15-16,18H2,1-3H3. The summed E-state index contributed by atoms with van der Waals surface area (Å²) in [7, 11) is 1.80. The Hall–Kier alpha value is -0.800. The summed E-state index contributed by atoms with van der Waals surface area (Å²) in [5, 5.41) is 3.71. The van der Waals surface area contributed by atoms with Crippen molar-refractivity contribution in [3.05, 3.63) is 23.5 Å². The van der Waals surface area contributed by atoms with Gasteiger partial charge >= 0.3 is 0 Å². The molecule has 140 valence electrons. The zero-order chi connectivity index (χ0) is 17.5. The molecule has 0 aromatic heterocycles. The molecule has 0 radical (unpaired) electrons. The van der Waals surface area contributed by atoms with E-state index in [1.54, 1.807) is 7.11 Å². The molecule has 3 nitrogen and oxygen atoms in total. The van der Waals surface area contributed by atoms with E-state index < -0.39 is 0 Å². The zero-order valence-corrected chi connectivity index (χ0v) is 16.2. The normalized spacial score (nSPS) is 22.5. The van der Waals surface area contributed by atoms with Gasteiger partial charge in [-0.15, -0.1) is 0 Å². The van der Waals surface area contributed by atoms with E-state index in [1.165, 1.54) is 62.5 Å². The monoisotopic (exact) mass is 337 g/mol. The summed E-state index contributed by atoms with van der Waals surface area (Å²) in [4.78, 5) is 0. The maximum atomic E-state index is 5.56. The van der Waals surface area contributed by atoms with Crippen molar-refractivity contribution in [3.63, 3.8) is 0 Å². The van der Waals surface area contributed by atoms with Crippen LogP contribution in [0.3, 0.4) is 0 Å². The molecule has 0 saturated heterocycles. The number of hydrogen-bond donors (Lipinski definition) is 1. The van der Waals surface area contributed by atoms with Gasteiger partial charge in [0.15, 0.2) is 0 Å². The van der Waals surface area contributed by atoms with Crippen molar-refractivity contribution in [1.29, 1.82) is 0 Å². The van der Waals surface area contributed by atoms with Gasteiger partial charge in [-0.1, -0.05) is 51.0 Å². The number of rotatable bonds is 6. The van der Waals surface area contributed by atoms with Gasteiger partial charge in [-0.2, -0.15) is 0 Å². The fourth-order valence-corrected chi connectivity index (χ4v) is 3.24. The topological polar surface area (TPSA) is 30.5 Å². The first-order valence-electron chi connectivity index (χ1n) is 9.98. The van der Waals surface area contributed by atoms with Crippen LogP contribution in [-0.4, -0.2) is 32.9 Å². The number of hydrogen-bond acceptors (Lipinski definition) is 3. The lowest BCUT2D eigenvalue weighted by molar-refractivity contribution is 0.221. The van der Waals surface area contributed by atoms with E-state index >= 15 is 0 Å². The van der Waals surface area contributed by atoms with E-state index in [0.717, 1.165) is 32.6 Å². The molecule has 0 bridgehead atoms. The number of methoxy groups -OCH3 is 1. The molecule has 3 heteroatoms. The summed E-state index contributed by atoms with van der Waals surface area (Å²) in [6, 6.07) is 0.259. The van der Waals surface area contributed by atoms with E-state index in [1.807, 2.05) is 6.26 Å². The molecule has 1 heterocycles. The van der Waals surface area contributed by atoms with Gasteiger partial charge in [-0.25, -0.2) is 0 Å². The second-order valence-corrected chi connectivity index (χ2v) is 6.93. The first kappa shape index (κ1) is 21.2. The Morgan fingerprint density at radius 3 is 2.38 bits per heavy atom. The van der Waals surface area contributed by atoms with E-state index in [4.69, 9.17) is 9.47 Å². The third kappa shape index (κ3) is 9.48. The van der Waals surface area contributed by atoms with Crippen molar-refractivity contribution in [3.8, 4) is 0 Å². The quantitative estimate of drug-likeness (QED) is 0.401. The van der Waals surface area contributed by atoms with Gasteiger partial charge in [-0.3, -0.25) is 0 Å². The third-order valence-electron chi connectivity index (χ3n) is 4.80. The predicted octanol–water partition coefficient (Wildman–Crippen LogP) is 5.37. The first-order valence-corrected chi connectivity index (χ1v) is 9.98. The molecule has 0 aliphatic carbocycles. The van der Waals surface area contributed by atoms with Crippen molar-refractivity contribution in [1.82, 2.24) is 5.32 Å². The molecule has 0 aromatic rings. The van der Waals surface area contributed by atoms with Crippen molar-refractivity contribution < 1.29 is 9.47 Å². The van der Waals surface area contributed by atoms with Crippen molar-refractivity contribution in [2.75, 3.05) is 26.9 Å². The Morgan fingerprint density at radius 2 is 1.71 bits per heavy atom. The average molecular weight is 338 g/mol. The van der Waals surface area contributed by atoms with Gasteiger partial charge in [0.2, 0.25) is 0 Å². The lowest BCUT2D eigenvalue weighted by Gasteiger charge is -2.21. The van der Waals surface area contributed by atoms with Crippen LogP contribution in [0.5, 0.6) is 0 Å². The Kier molecular flexibility index (Phi) is 12.9. The highest BCUT2D eigenvalue weighted by atomic mass is 16.5. The molecule has 1 atom stereocenters. The molecular formula is C21H39NO2. The minimum Gasteiger partial charge on any atom is -0.501 e. The van der Waals surface area contributed by atoms with Crippen LogP contribution in [0.2, 0.25) is 0 Å². The van der Waals surface area contributed by atoms with E-state index in [0.29, 0.717) is 0 Å². The van der Waals surface area contributed by atoms with Crippen LogP contribution in [0, 0.1) is 0 Å². The molecule has 1 unspecified atom stereocenters. The van der Waals surface area contributed by atoms with E-state index in [9.17, 15) is 0 Å². The van der Waals surface area contributed by atoms with E-state index in [2.05, 4.69) is 25.2 Å². The lowest BCUT2D eigenvalue weighted by atomic mass is 9.96. The molecule has 1 rings (SSSR count). The second kappa shape index (κ2) is 14.5. The van der Waals surface area contributed by atoms with Crippen molar-refractivity contribution in [2.24, 2.45) is 0 Å². The highest BCUT2D eigenvalue weighted by Gasteiger charge is 2.12. The molecule has 1 N–H and O–H groups in total. The predicted molar refractivity (Wildman–Crippen MR) is 103 cm³/mol. The van der Waals surface area contributed by atoms with E-state index in [-0.39, 0.29) is 6.04 Å². The zero-order valence-electron chi connectivity index (χ0n) is 16.2. The summed E-state index contributed by atoms with van der Waals surface area (Å²) in [6.45, 7) is 6.99. The molecule has 24 heavy (non-hydrogen) atoms. The van der Waals surface area contributed by atoms with Crippen molar-refractivity contribution >= 4 is 0 Å². The van der Waals surface area contributed by atoms with Crippen LogP contribution in [-0.2, 0) is 9.47 Å². The van der Waals surface area contributed by atoms with Crippen LogP contribution >= 0.6 is 0 Å². The van der Waals surface area contributed by atoms with Gasteiger partial charge in [0.05, 0.1) is 19.5 Å². The SMILES string of the molecule is CCCOC=CC1NCCCCCCCCCCC(COC)=C1C. The van der Waals surface area contributed by atoms with Crippen molar-refractivity contribution in [2.45, 2.75) is 84.1 Å². The molecule has 0 aromatic carbocycles. The summed E-state index contributed by atoms with van der Waals surface area (Å²) in [6.07, 6.45) is 17.0. The largest absolute Gasteiger partial charge is 0.501 e. The molecule has 1 aliphatic rings. The lowest BCUT2D eigenvalue weighted by Crippen LogP contribution is -2.30. The summed E-state index contributed by atoms with van der Waals surface area (Å²) in [5.41, 5.74) is 2.86. The van der Waals surface area contributed by atoms with Gasteiger partial charge in [0.25, 0.3) is 0 Å². The molecule has 0 fully saturated rings. The Labute approximate surface area is 149 Å². The van der Waals surface area contributed by atoms with Crippen LogP contribution in [0.1, 0.15) is 78.1 Å².